The van der Waals surface area contributed by atoms with Crippen molar-refractivity contribution in [3.63, 3.8) is 0 Å². The lowest BCUT2D eigenvalue weighted by Crippen LogP contribution is -2.47. The number of nitrogens with zero attached hydrogens (tertiary/aromatic N) is 3. The second-order valence-corrected chi connectivity index (χ2v) is 8.21. The number of amides is 2. The van der Waals surface area contributed by atoms with Gasteiger partial charge in [-0.1, -0.05) is 50.6 Å². The van der Waals surface area contributed by atoms with Gasteiger partial charge in [-0.2, -0.15) is 0 Å². The standard InChI is InChI=1S/C25H37N3O2/c1-6-8-17-27(18-22-15-12-16-26(22)5)24(29)19-28(20(3)4)25(30)23(7-2)21-13-10-9-11-14-21/h9-16,20,23H,6-8,17-19H2,1-5H3/t23-/m0/s1. The van der Waals surface area contributed by atoms with Gasteiger partial charge in [-0.15, -0.1) is 0 Å². The van der Waals surface area contributed by atoms with Crippen LogP contribution in [0.2, 0.25) is 0 Å². The van der Waals surface area contributed by atoms with Gasteiger partial charge >= 0.3 is 0 Å². The van der Waals surface area contributed by atoms with Crippen LogP contribution in [0.25, 0.3) is 0 Å². The van der Waals surface area contributed by atoms with Crippen LogP contribution < -0.4 is 0 Å². The number of rotatable bonds is 11. The fourth-order valence-corrected chi connectivity index (χ4v) is 3.70. The van der Waals surface area contributed by atoms with E-state index in [9.17, 15) is 9.59 Å². The summed E-state index contributed by atoms with van der Waals surface area (Å²) in [5.74, 6) is -0.186. The van der Waals surface area contributed by atoms with Crippen LogP contribution in [0.1, 0.15) is 64.1 Å². The zero-order valence-electron chi connectivity index (χ0n) is 19.2. The molecule has 0 aliphatic heterocycles. The zero-order chi connectivity index (χ0) is 22.1. The summed E-state index contributed by atoms with van der Waals surface area (Å²) >= 11 is 0. The molecule has 0 radical (unpaired) electrons. The van der Waals surface area contributed by atoms with Crippen LogP contribution in [0.3, 0.4) is 0 Å². The number of carbonyl (C=O) groups excluding carboxylic acids is 2. The summed E-state index contributed by atoms with van der Waals surface area (Å²) in [7, 11) is 1.99. The molecule has 5 nitrogen and oxygen atoms in total. The number of benzene rings is 1. The van der Waals surface area contributed by atoms with Crippen molar-refractivity contribution >= 4 is 11.8 Å². The molecule has 2 rings (SSSR count). The van der Waals surface area contributed by atoms with Crippen molar-refractivity contribution in [3.05, 3.63) is 59.9 Å². The minimum atomic E-state index is -0.224. The Hall–Kier alpha value is -2.56. The normalized spacial score (nSPS) is 12.1. The third-order valence-corrected chi connectivity index (χ3v) is 5.66. The third kappa shape index (κ3) is 6.22. The first kappa shape index (κ1) is 23.7. The average molecular weight is 412 g/mol. The molecular weight excluding hydrogens is 374 g/mol. The van der Waals surface area contributed by atoms with Crippen molar-refractivity contribution in [1.82, 2.24) is 14.4 Å². The van der Waals surface area contributed by atoms with E-state index in [0.29, 0.717) is 19.5 Å². The summed E-state index contributed by atoms with van der Waals surface area (Å²) in [6.45, 7) is 9.51. The van der Waals surface area contributed by atoms with Gasteiger partial charge in [0.05, 0.1) is 12.5 Å². The Kier molecular flexibility index (Phi) is 9.15. The highest BCUT2D eigenvalue weighted by Gasteiger charge is 2.29. The Morgan fingerprint density at radius 3 is 2.27 bits per heavy atom. The van der Waals surface area contributed by atoms with Crippen molar-refractivity contribution in [2.75, 3.05) is 13.1 Å². The molecule has 5 heteroatoms. The van der Waals surface area contributed by atoms with Crippen molar-refractivity contribution in [2.45, 2.75) is 65.5 Å². The van der Waals surface area contributed by atoms with Gasteiger partial charge < -0.3 is 14.4 Å². The van der Waals surface area contributed by atoms with Gasteiger partial charge in [-0.25, -0.2) is 0 Å². The van der Waals surface area contributed by atoms with E-state index in [4.69, 9.17) is 0 Å². The smallest absolute Gasteiger partial charge is 0.242 e. The van der Waals surface area contributed by atoms with E-state index in [0.717, 1.165) is 24.1 Å². The molecule has 0 aliphatic carbocycles. The highest BCUT2D eigenvalue weighted by Crippen LogP contribution is 2.23. The molecule has 2 aromatic rings. The van der Waals surface area contributed by atoms with Gasteiger partial charge in [0, 0.05) is 31.5 Å². The van der Waals surface area contributed by atoms with E-state index >= 15 is 0 Å². The molecule has 2 amide bonds. The number of hydrogen-bond acceptors (Lipinski definition) is 2. The minimum Gasteiger partial charge on any atom is -0.353 e. The van der Waals surface area contributed by atoms with Gasteiger partial charge in [-0.05, 0) is 44.4 Å². The van der Waals surface area contributed by atoms with Gasteiger partial charge in [0.15, 0.2) is 0 Å². The number of aromatic nitrogens is 1. The third-order valence-electron chi connectivity index (χ3n) is 5.66. The summed E-state index contributed by atoms with van der Waals surface area (Å²) in [5.41, 5.74) is 2.10. The molecule has 0 spiro atoms. The highest BCUT2D eigenvalue weighted by molar-refractivity contribution is 5.88. The Balaban J connectivity index is 2.18. The lowest BCUT2D eigenvalue weighted by molar-refractivity contribution is -0.143. The first-order valence-electron chi connectivity index (χ1n) is 11.1. The summed E-state index contributed by atoms with van der Waals surface area (Å²) in [6, 6.07) is 13.9. The van der Waals surface area contributed by atoms with E-state index in [1.165, 1.54) is 0 Å². The Morgan fingerprint density at radius 2 is 1.73 bits per heavy atom. The predicted octanol–water partition coefficient (Wildman–Crippen LogP) is 4.58. The Bertz CT molecular complexity index is 798. The Morgan fingerprint density at radius 1 is 1.03 bits per heavy atom. The Labute approximate surface area is 181 Å². The monoisotopic (exact) mass is 411 g/mol. The minimum absolute atomic E-state index is 0.00890. The second-order valence-electron chi connectivity index (χ2n) is 8.21. The zero-order valence-corrected chi connectivity index (χ0v) is 19.2. The van der Waals surface area contributed by atoms with Crippen molar-refractivity contribution in [2.24, 2.45) is 7.05 Å². The predicted molar refractivity (Wildman–Crippen MR) is 122 cm³/mol. The number of hydrogen-bond donors (Lipinski definition) is 0. The molecule has 0 aliphatic rings. The van der Waals surface area contributed by atoms with Gasteiger partial charge in [-0.3, -0.25) is 9.59 Å². The molecular formula is C25H37N3O2. The van der Waals surface area contributed by atoms with Crippen LogP contribution in [-0.4, -0.2) is 45.3 Å². The SMILES string of the molecule is CCCCN(Cc1cccn1C)C(=O)CN(C(=O)[C@@H](CC)c1ccccc1)C(C)C. The highest BCUT2D eigenvalue weighted by atomic mass is 16.2. The summed E-state index contributed by atoms with van der Waals surface area (Å²) in [6.07, 6.45) is 4.68. The van der Waals surface area contributed by atoms with E-state index in [2.05, 4.69) is 6.92 Å². The van der Waals surface area contributed by atoms with Crippen LogP contribution in [0.4, 0.5) is 0 Å². The first-order valence-corrected chi connectivity index (χ1v) is 11.1. The maximum atomic E-state index is 13.4. The molecule has 1 aromatic heterocycles. The molecule has 0 N–H and O–H groups in total. The van der Waals surface area contributed by atoms with Crippen LogP contribution in [0, 0.1) is 0 Å². The number of aryl methyl sites for hydroxylation is 1. The van der Waals surface area contributed by atoms with Gasteiger partial charge in [0.1, 0.15) is 6.54 Å². The summed E-state index contributed by atoms with van der Waals surface area (Å²) < 4.78 is 2.04. The molecule has 30 heavy (non-hydrogen) atoms. The molecule has 164 valence electrons. The maximum Gasteiger partial charge on any atom is 0.242 e. The molecule has 1 aromatic carbocycles. The van der Waals surface area contributed by atoms with Crippen molar-refractivity contribution < 1.29 is 9.59 Å². The largest absolute Gasteiger partial charge is 0.353 e. The molecule has 0 bridgehead atoms. The van der Waals surface area contributed by atoms with E-state index in [1.54, 1.807) is 4.90 Å². The van der Waals surface area contributed by atoms with Gasteiger partial charge in [0.2, 0.25) is 11.8 Å². The average Bonchev–Trinajstić information content (AvgIpc) is 3.14. The second kappa shape index (κ2) is 11.6. The van der Waals surface area contributed by atoms with Crippen molar-refractivity contribution in [1.29, 1.82) is 0 Å². The van der Waals surface area contributed by atoms with Crippen LogP contribution in [-0.2, 0) is 23.2 Å². The van der Waals surface area contributed by atoms with E-state index in [1.807, 2.05) is 85.9 Å². The lowest BCUT2D eigenvalue weighted by Gasteiger charge is -2.32. The lowest BCUT2D eigenvalue weighted by atomic mass is 9.94. The van der Waals surface area contributed by atoms with E-state index in [-0.39, 0.29) is 30.3 Å². The first-order chi connectivity index (χ1) is 14.4. The molecule has 0 fully saturated rings. The maximum absolute atomic E-state index is 13.4. The fraction of sp³-hybridized carbons (Fsp3) is 0.520. The van der Waals surface area contributed by atoms with Crippen LogP contribution in [0.5, 0.6) is 0 Å². The van der Waals surface area contributed by atoms with Crippen LogP contribution in [0.15, 0.2) is 48.7 Å². The quantitative estimate of drug-likeness (QED) is 0.543. The molecule has 0 saturated carbocycles. The summed E-state index contributed by atoms with van der Waals surface area (Å²) in [5, 5.41) is 0. The molecule has 1 atom stereocenters. The number of carbonyl (C=O) groups is 2. The topological polar surface area (TPSA) is 45.6 Å². The van der Waals surface area contributed by atoms with E-state index < -0.39 is 0 Å². The van der Waals surface area contributed by atoms with Crippen molar-refractivity contribution in [3.8, 4) is 0 Å². The van der Waals surface area contributed by atoms with Crippen LogP contribution >= 0.6 is 0 Å². The van der Waals surface area contributed by atoms with Gasteiger partial charge in [0.25, 0.3) is 0 Å². The number of unbranched alkanes of at least 4 members (excludes halogenated alkanes) is 1. The molecule has 1 heterocycles. The summed E-state index contributed by atoms with van der Waals surface area (Å²) in [4.78, 5) is 30.3. The molecule has 0 saturated heterocycles. The fourth-order valence-electron chi connectivity index (χ4n) is 3.70. The molecule has 0 unspecified atom stereocenters.